The van der Waals surface area contributed by atoms with E-state index in [1.54, 1.807) is 0 Å². The summed E-state index contributed by atoms with van der Waals surface area (Å²) in [5, 5.41) is 34.1. The summed E-state index contributed by atoms with van der Waals surface area (Å²) < 4.78 is 0. The molecule has 4 radical (unpaired) electrons. The average molecular weight is 180 g/mol. The first-order valence-corrected chi connectivity index (χ1v) is 2.26. The fourth-order valence-corrected chi connectivity index (χ4v) is 0.264. The van der Waals surface area contributed by atoms with E-state index in [-0.39, 0.29) is 12.3 Å². The van der Waals surface area contributed by atoms with E-state index < -0.39 is 24.1 Å². The molecule has 8 nitrogen and oxygen atoms in total. The molecule has 0 fully saturated rings. The van der Waals surface area contributed by atoms with Crippen LogP contribution in [0.5, 0.6) is 0 Å². The molecule has 0 aliphatic carbocycles. The van der Waals surface area contributed by atoms with Crippen LogP contribution in [0, 0.1) is 0 Å². The zero-order valence-electron chi connectivity index (χ0n) is 5.88. The summed E-state index contributed by atoms with van der Waals surface area (Å²) in [5.41, 5.74) is 0. The Bertz CT molecular complexity index is 142. The number of carboxylic acid groups (broad SMARTS) is 2. The van der Waals surface area contributed by atoms with Crippen LogP contribution < -0.4 is 17.4 Å². The maximum Gasteiger partial charge on any atom is 1.00 e. The van der Waals surface area contributed by atoms with Crippen LogP contribution in [-0.2, 0) is 9.59 Å². The SMILES string of the molecule is N.O=C([O-])C(O)C(O)C(=O)O.[N+]. The molecule has 0 aromatic rings. The summed E-state index contributed by atoms with van der Waals surface area (Å²) in [6, 6.07) is 0. The standard InChI is InChI=1S/C4H6O6.H3N.N/c5-1(3(7)8)2(6)4(9)10;;/h1-2,5-6H,(H,7,8)(H,9,10);1H3;/q;;+1/p-1. The molecule has 0 saturated carbocycles. The van der Waals surface area contributed by atoms with Crippen molar-refractivity contribution < 1.29 is 30.0 Å². The maximum absolute atomic E-state index is 9.74. The fraction of sp³-hybridized carbons (Fsp3) is 0.500. The van der Waals surface area contributed by atoms with E-state index >= 15 is 0 Å². The van der Waals surface area contributed by atoms with Crippen molar-refractivity contribution in [2.24, 2.45) is 0 Å². The van der Waals surface area contributed by atoms with E-state index in [9.17, 15) is 14.7 Å². The highest BCUT2D eigenvalue weighted by atomic mass is 16.4. The van der Waals surface area contributed by atoms with Gasteiger partial charge in [0.1, 0.15) is 6.10 Å². The highest BCUT2D eigenvalue weighted by Gasteiger charge is 2.23. The lowest BCUT2D eigenvalue weighted by Gasteiger charge is -2.13. The lowest BCUT2D eigenvalue weighted by Crippen LogP contribution is -2.46. The molecule has 0 amide bonds. The number of carboxylic acids is 2. The van der Waals surface area contributed by atoms with Gasteiger partial charge in [-0.05, 0) is 0 Å². The van der Waals surface area contributed by atoms with Crippen LogP contribution in [0.4, 0.5) is 0 Å². The van der Waals surface area contributed by atoms with E-state index in [0.717, 1.165) is 0 Å². The van der Waals surface area contributed by atoms with Gasteiger partial charge < -0.3 is 31.4 Å². The highest BCUT2D eigenvalue weighted by Crippen LogP contribution is 1.90. The Labute approximate surface area is 67.6 Å². The monoisotopic (exact) mass is 180 g/mol. The van der Waals surface area contributed by atoms with Gasteiger partial charge in [-0.25, -0.2) is 4.79 Å². The van der Waals surface area contributed by atoms with E-state index in [0.29, 0.717) is 0 Å². The van der Waals surface area contributed by atoms with Crippen molar-refractivity contribution in [3.8, 4) is 0 Å². The Morgan fingerprint density at radius 2 is 1.50 bits per heavy atom. The molecular weight excluding hydrogens is 172 g/mol. The predicted molar refractivity (Wildman–Crippen MR) is 31.8 cm³/mol. The maximum atomic E-state index is 9.74. The second kappa shape index (κ2) is 6.49. The summed E-state index contributed by atoms with van der Waals surface area (Å²) in [5.74, 6) is -3.83. The number of aliphatic carboxylic acids is 2. The molecule has 0 saturated heterocycles. The van der Waals surface area contributed by atoms with Crippen molar-refractivity contribution in [1.29, 1.82) is 0 Å². The van der Waals surface area contributed by atoms with Crippen LogP contribution >= 0.6 is 0 Å². The van der Waals surface area contributed by atoms with Crippen molar-refractivity contribution in [2.45, 2.75) is 12.2 Å². The fourth-order valence-electron chi connectivity index (χ4n) is 0.264. The summed E-state index contributed by atoms with van der Waals surface area (Å²) >= 11 is 0. The van der Waals surface area contributed by atoms with Gasteiger partial charge in [0.25, 0.3) is 0 Å². The van der Waals surface area contributed by atoms with Gasteiger partial charge in [0, 0.05) is 0 Å². The van der Waals surface area contributed by atoms with Gasteiger partial charge in [-0.15, -0.1) is 0 Å². The highest BCUT2D eigenvalue weighted by molar-refractivity contribution is 5.81. The van der Waals surface area contributed by atoms with Crippen molar-refractivity contribution in [3.05, 3.63) is 0 Å². The second-order valence-electron chi connectivity index (χ2n) is 1.55. The molecule has 2 unspecified atom stereocenters. The first kappa shape index (κ1) is 17.0. The van der Waals surface area contributed by atoms with Crippen molar-refractivity contribution in [2.75, 3.05) is 0 Å². The molecule has 70 valence electrons. The Morgan fingerprint density at radius 1 is 1.17 bits per heavy atom. The van der Waals surface area contributed by atoms with Crippen LogP contribution in [0.1, 0.15) is 0 Å². The molecule has 0 aliphatic rings. The van der Waals surface area contributed by atoms with Crippen LogP contribution in [-0.4, -0.2) is 39.5 Å². The number of carbonyl (C=O) groups is 2. The Morgan fingerprint density at radius 3 is 1.58 bits per heavy atom. The Balaban J connectivity index is -0.000000405. The molecule has 0 bridgehead atoms. The average Bonchev–Trinajstić information content (AvgIpc) is 1.84. The molecule has 8 heteroatoms. The first-order chi connectivity index (χ1) is 4.46. The third-order valence-electron chi connectivity index (χ3n) is 0.794. The molecule has 2 atom stereocenters. The van der Waals surface area contributed by atoms with E-state index in [2.05, 4.69) is 0 Å². The van der Waals surface area contributed by atoms with Crippen LogP contribution in [0.15, 0.2) is 0 Å². The zero-order chi connectivity index (χ0) is 8.31. The van der Waals surface area contributed by atoms with Crippen LogP contribution in [0.2, 0.25) is 0 Å². The number of rotatable bonds is 3. The van der Waals surface area contributed by atoms with Gasteiger partial charge in [0.2, 0.25) is 0 Å². The molecule has 0 rings (SSSR count). The lowest BCUT2D eigenvalue weighted by atomic mass is 10.2. The Hall–Kier alpha value is -1.22. The van der Waals surface area contributed by atoms with E-state index in [4.69, 9.17) is 15.3 Å². The molecule has 0 aliphatic heterocycles. The summed E-state index contributed by atoms with van der Waals surface area (Å²) in [6.45, 7) is 0. The third-order valence-corrected chi connectivity index (χ3v) is 0.794. The molecule has 6 N–H and O–H groups in total. The lowest BCUT2D eigenvalue weighted by molar-refractivity contribution is -0.318. The third kappa shape index (κ3) is 4.57. The number of aliphatic hydroxyl groups is 2. The van der Waals surface area contributed by atoms with Gasteiger partial charge >= 0.3 is 12.1 Å². The minimum Gasteiger partial charge on any atom is -0.547 e. The normalized spacial score (nSPS) is 13.2. The summed E-state index contributed by atoms with van der Waals surface area (Å²) in [7, 11) is 0. The summed E-state index contributed by atoms with van der Waals surface area (Å²) in [6.07, 6.45) is -4.71. The predicted octanol–water partition coefficient (Wildman–Crippen LogP) is -3.78. The topological polar surface area (TPSA) is 183 Å². The molecule has 0 aromatic carbocycles. The number of aliphatic hydroxyl groups excluding tert-OH is 2. The Kier molecular flexibility index (Phi) is 9.21. The number of carbonyl (C=O) groups excluding carboxylic acids is 1. The minimum absolute atomic E-state index is 0. The van der Waals surface area contributed by atoms with Crippen molar-refractivity contribution >= 4 is 11.9 Å². The van der Waals surface area contributed by atoms with Crippen molar-refractivity contribution in [3.63, 3.8) is 0 Å². The van der Waals surface area contributed by atoms with Gasteiger partial charge in [0.05, 0.1) is 5.97 Å². The molecule has 0 aromatic heterocycles. The van der Waals surface area contributed by atoms with E-state index in [1.807, 2.05) is 0 Å². The number of nitrogens with zero attached hydrogens (tertiary/aromatic N) is 1. The van der Waals surface area contributed by atoms with Crippen LogP contribution in [0.25, 0.3) is 0 Å². The van der Waals surface area contributed by atoms with Gasteiger partial charge in [-0.3, -0.25) is 0 Å². The number of hydrogen-bond acceptors (Lipinski definition) is 6. The van der Waals surface area contributed by atoms with Crippen LogP contribution in [0.3, 0.4) is 0 Å². The van der Waals surface area contributed by atoms with Gasteiger partial charge in [0.15, 0.2) is 6.10 Å². The largest absolute Gasteiger partial charge is 1.00 e. The smallest absolute Gasteiger partial charge is 0.547 e. The zero-order valence-corrected chi connectivity index (χ0v) is 5.88. The van der Waals surface area contributed by atoms with Gasteiger partial charge in [-0.1, -0.05) is 0 Å². The second-order valence-corrected chi connectivity index (χ2v) is 1.55. The minimum atomic E-state index is -2.38. The van der Waals surface area contributed by atoms with Crippen molar-refractivity contribution in [1.82, 2.24) is 12.3 Å². The molecule has 0 heterocycles. The quantitative estimate of drug-likeness (QED) is 0.343. The first-order valence-electron chi connectivity index (χ1n) is 2.26. The number of hydrogen-bond donors (Lipinski definition) is 4. The molecular formula is C4H8N2O6. The van der Waals surface area contributed by atoms with E-state index in [1.165, 1.54) is 0 Å². The molecule has 12 heavy (non-hydrogen) atoms. The van der Waals surface area contributed by atoms with Gasteiger partial charge in [-0.2, -0.15) is 0 Å². The molecule has 0 spiro atoms. The summed E-state index contributed by atoms with van der Waals surface area (Å²) in [4.78, 5) is 19.4.